The van der Waals surface area contributed by atoms with Crippen LogP contribution in [-0.2, 0) is 10.0 Å². The lowest BCUT2D eigenvalue weighted by atomic mass is 10.2. The highest BCUT2D eigenvalue weighted by molar-refractivity contribution is 7.89. The minimum Gasteiger partial charge on any atom is -0.492 e. The summed E-state index contributed by atoms with van der Waals surface area (Å²) in [6.07, 6.45) is 1.45. The first-order chi connectivity index (χ1) is 12.0. The lowest BCUT2D eigenvalue weighted by Gasteiger charge is -2.09. The number of hydrogen-bond acceptors (Lipinski definition) is 4. The van der Waals surface area contributed by atoms with Crippen LogP contribution in [0.5, 0.6) is 5.75 Å². The van der Waals surface area contributed by atoms with Gasteiger partial charge in [0.15, 0.2) is 0 Å². The van der Waals surface area contributed by atoms with Gasteiger partial charge in [-0.25, -0.2) is 13.1 Å². The Kier molecular flexibility index (Phi) is 6.73. The number of nitrogens with one attached hydrogen (secondary N) is 2. The molecule has 0 saturated carbocycles. The van der Waals surface area contributed by atoms with Crippen LogP contribution in [0.2, 0.25) is 0 Å². The van der Waals surface area contributed by atoms with Crippen molar-refractivity contribution in [1.29, 1.82) is 0 Å². The smallest absolute Gasteiger partial charge is 0.251 e. The van der Waals surface area contributed by atoms with Crippen molar-refractivity contribution in [2.45, 2.75) is 4.90 Å². The Labute approximate surface area is 147 Å². The number of carbonyl (C=O) groups excluding carboxylic acids is 1. The molecule has 0 aliphatic rings. The number of hydrogen-bond donors (Lipinski definition) is 2. The van der Waals surface area contributed by atoms with Crippen molar-refractivity contribution in [3.05, 3.63) is 72.8 Å². The molecule has 0 aromatic heterocycles. The van der Waals surface area contributed by atoms with E-state index in [9.17, 15) is 13.2 Å². The maximum absolute atomic E-state index is 12.2. The first kappa shape index (κ1) is 18.7. The van der Waals surface area contributed by atoms with E-state index in [0.29, 0.717) is 13.2 Å². The average Bonchev–Trinajstić information content (AvgIpc) is 2.64. The van der Waals surface area contributed by atoms with Crippen molar-refractivity contribution in [3.63, 3.8) is 0 Å². The van der Waals surface area contributed by atoms with Gasteiger partial charge >= 0.3 is 0 Å². The lowest BCUT2D eigenvalue weighted by molar-refractivity contribution is 0.0947. The third-order valence-corrected chi connectivity index (χ3v) is 4.65. The first-order valence-corrected chi connectivity index (χ1v) is 9.18. The summed E-state index contributed by atoms with van der Waals surface area (Å²) in [4.78, 5) is 12.2. The van der Waals surface area contributed by atoms with Gasteiger partial charge in [-0.05, 0) is 30.3 Å². The SMILES string of the molecule is C=CCNS(=O)(=O)c1cccc(C(=O)NCCOc2ccccc2)c1. The second kappa shape index (κ2) is 9.00. The van der Waals surface area contributed by atoms with Gasteiger partial charge in [0.25, 0.3) is 5.91 Å². The second-order valence-corrected chi connectivity index (χ2v) is 6.85. The van der Waals surface area contributed by atoms with E-state index in [-0.39, 0.29) is 22.9 Å². The highest BCUT2D eigenvalue weighted by atomic mass is 32.2. The second-order valence-electron chi connectivity index (χ2n) is 5.09. The maximum atomic E-state index is 12.2. The molecule has 7 heteroatoms. The summed E-state index contributed by atoms with van der Waals surface area (Å²) >= 11 is 0. The van der Waals surface area contributed by atoms with Gasteiger partial charge in [0, 0.05) is 12.1 Å². The van der Waals surface area contributed by atoms with Crippen LogP contribution in [-0.4, -0.2) is 34.0 Å². The van der Waals surface area contributed by atoms with E-state index in [0.717, 1.165) is 5.75 Å². The number of rotatable bonds is 9. The van der Waals surface area contributed by atoms with Gasteiger partial charge in [0.1, 0.15) is 12.4 Å². The fourth-order valence-corrected chi connectivity index (χ4v) is 3.05. The van der Waals surface area contributed by atoms with Crippen LogP contribution in [0.15, 0.2) is 72.1 Å². The van der Waals surface area contributed by atoms with Crippen LogP contribution in [0, 0.1) is 0 Å². The predicted molar refractivity (Wildman–Crippen MR) is 96.1 cm³/mol. The minimum atomic E-state index is -3.67. The van der Waals surface area contributed by atoms with E-state index in [4.69, 9.17) is 4.74 Å². The summed E-state index contributed by atoms with van der Waals surface area (Å²) < 4.78 is 32.0. The predicted octanol–water partition coefficient (Wildman–Crippen LogP) is 1.96. The summed E-state index contributed by atoms with van der Waals surface area (Å²) in [5, 5.41) is 2.70. The third kappa shape index (κ3) is 5.74. The number of ether oxygens (including phenoxy) is 1. The Bertz CT molecular complexity index is 820. The van der Waals surface area contributed by atoms with Gasteiger partial charge in [-0.1, -0.05) is 30.3 Å². The van der Waals surface area contributed by atoms with Gasteiger partial charge < -0.3 is 10.1 Å². The summed E-state index contributed by atoms with van der Waals surface area (Å²) in [6, 6.07) is 15.1. The van der Waals surface area contributed by atoms with E-state index >= 15 is 0 Å². The molecular formula is C18H20N2O4S. The highest BCUT2D eigenvalue weighted by Gasteiger charge is 2.15. The van der Waals surface area contributed by atoms with E-state index in [1.54, 1.807) is 6.07 Å². The quantitative estimate of drug-likeness (QED) is 0.529. The standard InChI is InChI=1S/C18H20N2O4S/c1-2-11-20-25(22,23)17-10-6-7-15(14-17)18(21)19-12-13-24-16-8-4-3-5-9-16/h2-10,14,20H,1,11-13H2,(H,19,21). The summed E-state index contributed by atoms with van der Waals surface area (Å²) in [5.41, 5.74) is 0.265. The Balaban J connectivity index is 1.91. The molecule has 0 aliphatic carbocycles. The molecule has 0 radical (unpaired) electrons. The Morgan fingerprint density at radius 3 is 2.60 bits per heavy atom. The molecule has 0 bridgehead atoms. The van der Waals surface area contributed by atoms with Crippen molar-refractivity contribution in [3.8, 4) is 5.75 Å². The molecule has 1 amide bonds. The fourth-order valence-electron chi connectivity index (χ4n) is 2.01. The summed E-state index contributed by atoms with van der Waals surface area (Å²) in [6.45, 7) is 4.20. The molecule has 0 saturated heterocycles. The monoisotopic (exact) mass is 360 g/mol. The van der Waals surface area contributed by atoms with Crippen molar-refractivity contribution < 1.29 is 17.9 Å². The van der Waals surface area contributed by atoms with E-state index in [2.05, 4.69) is 16.6 Å². The van der Waals surface area contributed by atoms with Crippen LogP contribution in [0.3, 0.4) is 0 Å². The number of carbonyl (C=O) groups is 1. The molecule has 0 atom stereocenters. The molecule has 6 nitrogen and oxygen atoms in total. The molecule has 2 rings (SSSR count). The van der Waals surface area contributed by atoms with Gasteiger partial charge in [0.05, 0.1) is 11.4 Å². The molecule has 0 aliphatic heterocycles. The number of benzene rings is 2. The molecule has 2 aromatic carbocycles. The molecular weight excluding hydrogens is 340 g/mol. The van der Waals surface area contributed by atoms with Crippen molar-refractivity contribution in [2.75, 3.05) is 19.7 Å². The molecule has 132 valence electrons. The normalized spacial score (nSPS) is 10.9. The molecule has 0 fully saturated rings. The molecule has 0 unspecified atom stereocenters. The van der Waals surface area contributed by atoms with Crippen molar-refractivity contribution in [1.82, 2.24) is 10.0 Å². The van der Waals surface area contributed by atoms with E-state index in [1.807, 2.05) is 30.3 Å². The van der Waals surface area contributed by atoms with Crippen LogP contribution in [0.4, 0.5) is 0 Å². The van der Waals surface area contributed by atoms with Crippen LogP contribution in [0.25, 0.3) is 0 Å². The van der Waals surface area contributed by atoms with Gasteiger partial charge in [-0.3, -0.25) is 4.79 Å². The summed E-state index contributed by atoms with van der Waals surface area (Å²) in [5.74, 6) is 0.357. The average molecular weight is 360 g/mol. The topological polar surface area (TPSA) is 84.5 Å². The van der Waals surface area contributed by atoms with E-state index < -0.39 is 10.0 Å². The number of sulfonamides is 1. The molecule has 0 heterocycles. The zero-order valence-electron chi connectivity index (χ0n) is 13.6. The van der Waals surface area contributed by atoms with Gasteiger partial charge in [0.2, 0.25) is 10.0 Å². The van der Waals surface area contributed by atoms with Crippen LogP contribution >= 0.6 is 0 Å². The summed E-state index contributed by atoms with van der Waals surface area (Å²) in [7, 11) is -3.67. The minimum absolute atomic E-state index is 0.0301. The molecule has 0 spiro atoms. The highest BCUT2D eigenvalue weighted by Crippen LogP contribution is 2.11. The van der Waals surface area contributed by atoms with Gasteiger partial charge in [-0.2, -0.15) is 0 Å². The van der Waals surface area contributed by atoms with Crippen molar-refractivity contribution >= 4 is 15.9 Å². The van der Waals surface area contributed by atoms with Crippen LogP contribution in [0.1, 0.15) is 10.4 Å². The number of amides is 1. The Morgan fingerprint density at radius 1 is 1.12 bits per heavy atom. The Morgan fingerprint density at radius 2 is 1.88 bits per heavy atom. The molecule has 2 aromatic rings. The lowest BCUT2D eigenvalue weighted by Crippen LogP contribution is -2.28. The first-order valence-electron chi connectivity index (χ1n) is 7.69. The maximum Gasteiger partial charge on any atom is 0.251 e. The van der Waals surface area contributed by atoms with Crippen LogP contribution < -0.4 is 14.8 Å². The van der Waals surface area contributed by atoms with Crippen molar-refractivity contribution in [2.24, 2.45) is 0 Å². The zero-order chi connectivity index (χ0) is 18.1. The molecule has 25 heavy (non-hydrogen) atoms. The third-order valence-electron chi connectivity index (χ3n) is 3.22. The van der Waals surface area contributed by atoms with Gasteiger partial charge in [-0.15, -0.1) is 6.58 Å². The zero-order valence-corrected chi connectivity index (χ0v) is 14.5. The largest absolute Gasteiger partial charge is 0.492 e. The number of para-hydroxylation sites is 1. The Hall–Kier alpha value is -2.64. The van der Waals surface area contributed by atoms with E-state index in [1.165, 1.54) is 24.3 Å². The fraction of sp³-hybridized carbons (Fsp3) is 0.167. The molecule has 2 N–H and O–H groups in total.